The average Bonchev–Trinajstić information content (AvgIpc) is 3.06. The van der Waals surface area contributed by atoms with E-state index in [2.05, 4.69) is 17.1 Å². The van der Waals surface area contributed by atoms with Crippen LogP contribution in [0.25, 0.3) is 0 Å². The Balaban J connectivity index is 1.30. The molecule has 27 heavy (non-hydrogen) atoms. The lowest BCUT2D eigenvalue weighted by atomic mass is 9.46. The van der Waals surface area contributed by atoms with Gasteiger partial charge in [-0.2, -0.15) is 0 Å². The van der Waals surface area contributed by atoms with Gasteiger partial charge in [-0.15, -0.1) is 0 Å². The molecular formula is C21H37N3O3. The van der Waals surface area contributed by atoms with E-state index in [0.29, 0.717) is 29.6 Å². The first-order chi connectivity index (χ1) is 13.3. The number of aliphatic imine (C=N–C) groups is 1. The van der Waals surface area contributed by atoms with Crippen molar-refractivity contribution < 1.29 is 14.2 Å². The minimum absolute atomic E-state index is 0.385. The van der Waals surface area contributed by atoms with E-state index < -0.39 is 0 Å². The Labute approximate surface area is 164 Å². The molecule has 6 nitrogen and oxygen atoms in total. The van der Waals surface area contributed by atoms with Crippen molar-refractivity contribution >= 4 is 5.96 Å². The van der Waals surface area contributed by atoms with Crippen molar-refractivity contribution in [3.63, 3.8) is 0 Å². The van der Waals surface area contributed by atoms with E-state index in [-0.39, 0.29) is 0 Å². The van der Waals surface area contributed by atoms with Gasteiger partial charge in [0.25, 0.3) is 0 Å². The highest BCUT2D eigenvalue weighted by Crippen LogP contribution is 2.62. The van der Waals surface area contributed by atoms with Crippen LogP contribution in [-0.4, -0.2) is 75.7 Å². The molecule has 0 bridgehead atoms. The van der Waals surface area contributed by atoms with Gasteiger partial charge in [0.2, 0.25) is 0 Å². The Morgan fingerprint density at radius 1 is 1.22 bits per heavy atom. The summed E-state index contributed by atoms with van der Waals surface area (Å²) < 4.78 is 17.2. The molecule has 4 aliphatic rings. The van der Waals surface area contributed by atoms with Crippen molar-refractivity contribution in [1.29, 1.82) is 0 Å². The topological polar surface area (TPSA) is 55.3 Å². The number of hydrogen-bond donors (Lipinski definition) is 1. The average molecular weight is 380 g/mol. The lowest BCUT2D eigenvalue weighted by Gasteiger charge is -2.63. The van der Waals surface area contributed by atoms with Gasteiger partial charge in [-0.25, -0.2) is 0 Å². The van der Waals surface area contributed by atoms with Crippen LogP contribution in [0.4, 0.5) is 0 Å². The molecule has 3 atom stereocenters. The zero-order valence-electron chi connectivity index (χ0n) is 17.1. The Morgan fingerprint density at radius 3 is 2.70 bits per heavy atom. The molecule has 6 heteroatoms. The maximum absolute atomic E-state index is 6.08. The number of ether oxygens (including phenoxy) is 3. The number of rotatable bonds is 7. The third-order valence-electron chi connectivity index (χ3n) is 7.22. The van der Waals surface area contributed by atoms with Gasteiger partial charge >= 0.3 is 0 Å². The van der Waals surface area contributed by atoms with Gasteiger partial charge < -0.3 is 24.4 Å². The van der Waals surface area contributed by atoms with Gasteiger partial charge in [-0.3, -0.25) is 4.99 Å². The number of nitrogens with one attached hydrogen (secondary N) is 1. The van der Waals surface area contributed by atoms with Crippen molar-refractivity contribution in [2.45, 2.75) is 70.1 Å². The largest absolute Gasteiger partial charge is 0.385 e. The highest BCUT2D eigenvalue weighted by atomic mass is 16.5. The summed E-state index contributed by atoms with van der Waals surface area (Å²) in [6.07, 6.45) is 9.26. The Morgan fingerprint density at radius 2 is 2.04 bits per heavy atom. The third-order valence-corrected chi connectivity index (χ3v) is 7.22. The minimum Gasteiger partial charge on any atom is -0.385 e. The normalized spacial score (nSPS) is 32.9. The number of hydrogen-bond acceptors (Lipinski definition) is 4. The zero-order valence-corrected chi connectivity index (χ0v) is 17.1. The van der Waals surface area contributed by atoms with Gasteiger partial charge in [0, 0.05) is 63.9 Å². The van der Waals surface area contributed by atoms with E-state index in [1.165, 1.54) is 25.7 Å². The molecule has 0 aromatic carbocycles. The standard InChI is InChI=1S/C21H37N3O3/c1-3-22-20(24-11-6-16(7-12-24)26-14-5-13-25-2)23-18-17-8-15-27-19(17)21(18)9-4-10-21/h16-19H,3-15H2,1-2H3,(H,22,23). The number of nitrogens with zero attached hydrogens (tertiary/aromatic N) is 2. The number of likely N-dealkylation sites (tertiary alicyclic amines) is 1. The summed E-state index contributed by atoms with van der Waals surface area (Å²) in [6, 6.07) is 0.562. The summed E-state index contributed by atoms with van der Waals surface area (Å²) in [7, 11) is 1.75. The van der Waals surface area contributed by atoms with Crippen molar-refractivity contribution in [1.82, 2.24) is 10.2 Å². The van der Waals surface area contributed by atoms with Gasteiger partial charge in [-0.1, -0.05) is 6.42 Å². The van der Waals surface area contributed by atoms with E-state index in [0.717, 1.165) is 64.7 Å². The highest BCUT2D eigenvalue weighted by Gasteiger charge is 2.66. The minimum atomic E-state index is 0.385. The summed E-state index contributed by atoms with van der Waals surface area (Å²) in [5.41, 5.74) is 0.401. The monoisotopic (exact) mass is 379 g/mol. The molecule has 0 radical (unpaired) electrons. The van der Waals surface area contributed by atoms with Crippen LogP contribution in [0.3, 0.4) is 0 Å². The number of methoxy groups -OCH3 is 1. The van der Waals surface area contributed by atoms with Crippen molar-refractivity contribution in [3.8, 4) is 0 Å². The van der Waals surface area contributed by atoms with Crippen LogP contribution >= 0.6 is 0 Å². The predicted molar refractivity (Wildman–Crippen MR) is 106 cm³/mol. The molecule has 0 aromatic rings. The molecule has 4 fully saturated rings. The first-order valence-corrected chi connectivity index (χ1v) is 11.1. The fraction of sp³-hybridized carbons (Fsp3) is 0.952. The lowest BCUT2D eigenvalue weighted by Crippen LogP contribution is -2.72. The fourth-order valence-electron chi connectivity index (χ4n) is 5.67. The Kier molecular flexibility index (Phi) is 6.25. The SMILES string of the molecule is CCN=C(NC1C2CCOC2C12CCC2)N1CCC(OCCCOC)CC1. The maximum Gasteiger partial charge on any atom is 0.194 e. The third kappa shape index (κ3) is 3.73. The summed E-state index contributed by atoms with van der Waals surface area (Å²) in [4.78, 5) is 7.31. The second-order valence-corrected chi connectivity index (χ2v) is 8.65. The molecule has 2 saturated heterocycles. The molecule has 2 saturated carbocycles. The first-order valence-electron chi connectivity index (χ1n) is 11.1. The van der Waals surface area contributed by atoms with Crippen LogP contribution in [0.15, 0.2) is 4.99 Å². The second kappa shape index (κ2) is 8.66. The predicted octanol–water partition coefficient (Wildman–Crippen LogP) is 2.43. The molecule has 154 valence electrons. The summed E-state index contributed by atoms with van der Waals surface area (Å²) in [5.74, 6) is 1.81. The summed E-state index contributed by atoms with van der Waals surface area (Å²) >= 11 is 0. The van der Waals surface area contributed by atoms with Crippen LogP contribution in [0, 0.1) is 11.3 Å². The Bertz CT molecular complexity index is 515. The summed E-state index contributed by atoms with van der Waals surface area (Å²) in [5, 5.41) is 3.90. The molecular weight excluding hydrogens is 342 g/mol. The first kappa shape index (κ1) is 19.5. The molecule has 4 rings (SSSR count). The van der Waals surface area contributed by atoms with Crippen LogP contribution in [0.2, 0.25) is 0 Å². The van der Waals surface area contributed by atoms with Crippen molar-refractivity contribution in [2.75, 3.05) is 46.6 Å². The van der Waals surface area contributed by atoms with Gasteiger partial charge in [0.15, 0.2) is 5.96 Å². The molecule has 0 aromatic heterocycles. The van der Waals surface area contributed by atoms with Crippen molar-refractivity contribution in [2.24, 2.45) is 16.3 Å². The smallest absolute Gasteiger partial charge is 0.194 e. The van der Waals surface area contributed by atoms with Gasteiger partial charge in [0.1, 0.15) is 0 Å². The summed E-state index contributed by atoms with van der Waals surface area (Å²) in [6.45, 7) is 7.57. The highest BCUT2D eigenvalue weighted by molar-refractivity contribution is 5.80. The van der Waals surface area contributed by atoms with Gasteiger partial charge in [0.05, 0.1) is 12.2 Å². The lowest BCUT2D eigenvalue weighted by molar-refractivity contribution is -0.171. The van der Waals surface area contributed by atoms with Gasteiger partial charge in [-0.05, 0) is 45.4 Å². The number of fused-ring (bicyclic) bond motifs is 2. The molecule has 3 unspecified atom stereocenters. The molecule has 1 spiro atoms. The Hall–Kier alpha value is -0.850. The molecule has 2 aliphatic heterocycles. The van der Waals surface area contributed by atoms with E-state index in [1.54, 1.807) is 7.11 Å². The van der Waals surface area contributed by atoms with Crippen molar-refractivity contribution in [3.05, 3.63) is 0 Å². The molecule has 2 aliphatic carbocycles. The number of guanidine groups is 1. The molecule has 2 heterocycles. The van der Waals surface area contributed by atoms with E-state index in [9.17, 15) is 0 Å². The molecule has 0 amide bonds. The van der Waals surface area contributed by atoms with Crippen LogP contribution in [0.5, 0.6) is 0 Å². The zero-order chi connectivity index (χ0) is 18.7. The van der Waals surface area contributed by atoms with E-state index in [1.807, 2.05) is 0 Å². The second-order valence-electron chi connectivity index (χ2n) is 8.65. The van der Waals surface area contributed by atoms with Crippen LogP contribution < -0.4 is 5.32 Å². The maximum atomic E-state index is 6.08. The van der Waals surface area contributed by atoms with Crippen LogP contribution in [-0.2, 0) is 14.2 Å². The number of piperidine rings is 1. The van der Waals surface area contributed by atoms with E-state index >= 15 is 0 Å². The molecule has 1 N–H and O–H groups in total. The fourth-order valence-corrected chi connectivity index (χ4v) is 5.67. The quantitative estimate of drug-likeness (QED) is 0.418. The van der Waals surface area contributed by atoms with Crippen LogP contribution in [0.1, 0.15) is 51.9 Å². The van der Waals surface area contributed by atoms with E-state index in [4.69, 9.17) is 19.2 Å².